The van der Waals surface area contributed by atoms with Crippen molar-refractivity contribution < 1.29 is 24.2 Å². The van der Waals surface area contributed by atoms with Gasteiger partial charge in [0, 0.05) is 11.3 Å². The summed E-state index contributed by atoms with van der Waals surface area (Å²) in [5.41, 5.74) is 1.15. The molecule has 1 heterocycles. The van der Waals surface area contributed by atoms with E-state index in [0.717, 1.165) is 0 Å². The zero-order chi connectivity index (χ0) is 20.5. The molecule has 3 aromatic carbocycles. The van der Waals surface area contributed by atoms with Gasteiger partial charge in [0.15, 0.2) is 0 Å². The predicted molar refractivity (Wildman–Crippen MR) is 106 cm³/mol. The Morgan fingerprint density at radius 3 is 2.10 bits per heavy atom. The lowest BCUT2D eigenvalue weighted by Crippen LogP contribution is -2.29. The number of phenols is 1. The normalized spacial score (nSPS) is 18.2. The number of hydrogen-bond acceptors (Lipinski definition) is 4. The maximum Gasteiger partial charge on any atom is 0.300 e. The van der Waals surface area contributed by atoms with E-state index in [1.165, 1.54) is 53.4 Å². The molecule has 4 rings (SSSR count). The van der Waals surface area contributed by atoms with Crippen molar-refractivity contribution in [2.75, 3.05) is 4.90 Å². The van der Waals surface area contributed by atoms with E-state index in [0.29, 0.717) is 16.8 Å². The monoisotopic (exact) mass is 389 g/mol. The highest BCUT2D eigenvalue weighted by molar-refractivity contribution is 6.51. The van der Waals surface area contributed by atoms with E-state index in [1.807, 2.05) is 0 Å². The van der Waals surface area contributed by atoms with Gasteiger partial charge in [0.2, 0.25) is 0 Å². The Labute approximate surface area is 166 Å². The van der Waals surface area contributed by atoms with Gasteiger partial charge >= 0.3 is 0 Å². The molecule has 1 aliphatic heterocycles. The Hall–Kier alpha value is -3.93. The number of nitrogens with zero attached hydrogens (tertiary/aromatic N) is 1. The number of Topliss-reactive ketones (excluding diaryl/α,β-unsaturated/α-hetero) is 1. The number of aliphatic hydroxyl groups excluding tert-OH is 1. The zero-order valence-electron chi connectivity index (χ0n) is 15.1. The summed E-state index contributed by atoms with van der Waals surface area (Å²) < 4.78 is 13.5. The number of carbonyl (C=O) groups is 2. The molecule has 0 aliphatic carbocycles. The summed E-state index contributed by atoms with van der Waals surface area (Å²) in [6.07, 6.45) is 0. The Kier molecular flexibility index (Phi) is 4.60. The highest BCUT2D eigenvalue weighted by atomic mass is 19.1. The first kappa shape index (κ1) is 18.4. The summed E-state index contributed by atoms with van der Waals surface area (Å²) in [6.45, 7) is 0. The second kappa shape index (κ2) is 7.24. The number of anilines is 1. The van der Waals surface area contributed by atoms with Crippen LogP contribution in [0.25, 0.3) is 5.76 Å². The summed E-state index contributed by atoms with van der Waals surface area (Å²) >= 11 is 0. The van der Waals surface area contributed by atoms with Crippen LogP contribution >= 0.6 is 0 Å². The van der Waals surface area contributed by atoms with Crippen molar-refractivity contribution in [3.8, 4) is 5.75 Å². The van der Waals surface area contributed by atoms with Gasteiger partial charge in [-0.25, -0.2) is 4.39 Å². The molecule has 0 bridgehead atoms. The molecule has 5 nitrogen and oxygen atoms in total. The van der Waals surface area contributed by atoms with Gasteiger partial charge in [0.05, 0.1) is 11.6 Å². The number of hydrogen-bond donors (Lipinski definition) is 2. The molecule has 0 aromatic heterocycles. The minimum atomic E-state index is -0.944. The van der Waals surface area contributed by atoms with E-state index in [9.17, 15) is 24.2 Å². The average Bonchev–Trinajstić information content (AvgIpc) is 3.00. The molecule has 1 unspecified atom stereocenters. The van der Waals surface area contributed by atoms with E-state index in [1.54, 1.807) is 30.3 Å². The molecule has 1 fully saturated rings. The van der Waals surface area contributed by atoms with Crippen LogP contribution in [-0.4, -0.2) is 21.9 Å². The minimum Gasteiger partial charge on any atom is -0.508 e. The average molecular weight is 389 g/mol. The standard InChI is InChI=1S/C23H16FNO4/c24-16-8-6-14(7-9-16)20-19(21(27)15-4-2-1-3-5-15)22(28)23(29)25(20)17-10-12-18(26)13-11-17/h1-13,20,26-27H/b21-19-. The van der Waals surface area contributed by atoms with Crippen molar-refractivity contribution in [3.05, 3.63) is 101 Å². The number of benzene rings is 3. The fourth-order valence-corrected chi connectivity index (χ4v) is 3.42. The van der Waals surface area contributed by atoms with Gasteiger partial charge in [-0.1, -0.05) is 42.5 Å². The molecule has 2 N–H and O–H groups in total. The van der Waals surface area contributed by atoms with Crippen molar-refractivity contribution in [2.24, 2.45) is 0 Å². The van der Waals surface area contributed by atoms with Crippen molar-refractivity contribution in [3.63, 3.8) is 0 Å². The van der Waals surface area contributed by atoms with Crippen LogP contribution in [0.4, 0.5) is 10.1 Å². The number of halogens is 1. The third kappa shape index (κ3) is 3.25. The van der Waals surface area contributed by atoms with Crippen LogP contribution in [0, 0.1) is 5.82 Å². The molecular formula is C23H16FNO4. The second-order valence-corrected chi connectivity index (χ2v) is 6.60. The number of amides is 1. The van der Waals surface area contributed by atoms with Gasteiger partial charge < -0.3 is 10.2 Å². The Morgan fingerprint density at radius 2 is 1.48 bits per heavy atom. The van der Waals surface area contributed by atoms with Crippen LogP contribution < -0.4 is 4.90 Å². The molecule has 144 valence electrons. The van der Waals surface area contributed by atoms with Crippen LogP contribution in [0.2, 0.25) is 0 Å². The van der Waals surface area contributed by atoms with Gasteiger partial charge in [-0.05, 0) is 42.0 Å². The van der Waals surface area contributed by atoms with E-state index in [2.05, 4.69) is 0 Å². The molecule has 3 aromatic rings. The summed E-state index contributed by atoms with van der Waals surface area (Å²) in [6, 6.07) is 18.7. The minimum absolute atomic E-state index is 0.00736. The zero-order valence-corrected chi connectivity index (χ0v) is 15.1. The topological polar surface area (TPSA) is 77.8 Å². The van der Waals surface area contributed by atoms with Crippen LogP contribution in [0.3, 0.4) is 0 Å². The number of rotatable bonds is 3. The first-order valence-corrected chi connectivity index (χ1v) is 8.88. The van der Waals surface area contributed by atoms with Gasteiger partial charge in [-0.3, -0.25) is 14.5 Å². The number of aliphatic hydroxyl groups is 1. The predicted octanol–water partition coefficient (Wildman–Crippen LogP) is 4.16. The lowest BCUT2D eigenvalue weighted by atomic mass is 9.95. The largest absolute Gasteiger partial charge is 0.508 e. The number of carbonyl (C=O) groups excluding carboxylic acids is 2. The number of aromatic hydroxyl groups is 1. The lowest BCUT2D eigenvalue weighted by Gasteiger charge is -2.25. The summed E-state index contributed by atoms with van der Waals surface area (Å²) in [5, 5.41) is 20.4. The molecule has 1 saturated heterocycles. The molecular weight excluding hydrogens is 373 g/mol. The Morgan fingerprint density at radius 1 is 0.862 bits per heavy atom. The molecule has 0 saturated carbocycles. The first-order chi connectivity index (χ1) is 14.0. The van der Waals surface area contributed by atoms with Crippen molar-refractivity contribution >= 4 is 23.1 Å². The van der Waals surface area contributed by atoms with Gasteiger partial charge in [-0.15, -0.1) is 0 Å². The fourth-order valence-electron chi connectivity index (χ4n) is 3.42. The van der Waals surface area contributed by atoms with Crippen LogP contribution in [-0.2, 0) is 9.59 Å². The highest BCUT2D eigenvalue weighted by Gasteiger charge is 2.46. The molecule has 1 aliphatic rings. The van der Waals surface area contributed by atoms with E-state index in [4.69, 9.17) is 0 Å². The molecule has 0 radical (unpaired) electrons. The number of ketones is 1. The third-order valence-corrected chi connectivity index (χ3v) is 4.81. The smallest absolute Gasteiger partial charge is 0.300 e. The molecule has 0 spiro atoms. The first-order valence-electron chi connectivity index (χ1n) is 8.88. The van der Waals surface area contributed by atoms with Gasteiger partial charge in [0.1, 0.15) is 17.3 Å². The SMILES string of the molecule is O=C1C(=O)N(c2ccc(O)cc2)C(c2ccc(F)cc2)/C1=C(/O)c1ccccc1. The summed E-state index contributed by atoms with van der Waals surface area (Å²) in [5.74, 6) is -2.41. The van der Waals surface area contributed by atoms with Crippen molar-refractivity contribution in [1.82, 2.24) is 0 Å². The van der Waals surface area contributed by atoms with E-state index in [-0.39, 0.29) is 17.1 Å². The van der Waals surface area contributed by atoms with Crippen LogP contribution in [0.5, 0.6) is 5.75 Å². The molecule has 1 atom stereocenters. The van der Waals surface area contributed by atoms with E-state index >= 15 is 0 Å². The Balaban J connectivity index is 1.94. The van der Waals surface area contributed by atoms with E-state index < -0.39 is 23.5 Å². The molecule has 1 amide bonds. The third-order valence-electron chi connectivity index (χ3n) is 4.81. The van der Waals surface area contributed by atoms with Gasteiger partial charge in [0.25, 0.3) is 11.7 Å². The van der Waals surface area contributed by atoms with Crippen molar-refractivity contribution in [2.45, 2.75) is 6.04 Å². The van der Waals surface area contributed by atoms with Crippen LogP contribution in [0.1, 0.15) is 17.2 Å². The number of phenolic OH excluding ortho intramolecular Hbond substituents is 1. The molecule has 29 heavy (non-hydrogen) atoms. The second-order valence-electron chi connectivity index (χ2n) is 6.60. The maximum atomic E-state index is 13.5. The van der Waals surface area contributed by atoms with Crippen molar-refractivity contribution in [1.29, 1.82) is 0 Å². The summed E-state index contributed by atoms with van der Waals surface area (Å²) in [7, 11) is 0. The quantitative estimate of drug-likeness (QED) is 0.401. The maximum absolute atomic E-state index is 13.5. The Bertz CT molecular complexity index is 1110. The lowest BCUT2D eigenvalue weighted by molar-refractivity contribution is -0.132. The highest BCUT2D eigenvalue weighted by Crippen LogP contribution is 2.42. The van der Waals surface area contributed by atoms with Gasteiger partial charge in [-0.2, -0.15) is 0 Å². The molecule has 6 heteroatoms. The summed E-state index contributed by atoms with van der Waals surface area (Å²) in [4.78, 5) is 27.0. The fraction of sp³-hybridized carbons (Fsp3) is 0.0435. The van der Waals surface area contributed by atoms with Crippen LogP contribution in [0.15, 0.2) is 84.4 Å².